The van der Waals surface area contributed by atoms with Gasteiger partial charge in [0, 0.05) is 19.8 Å². The normalized spacial score (nSPS) is 10.7. The molecule has 1 heterocycles. The van der Waals surface area contributed by atoms with Gasteiger partial charge >= 0.3 is 6.61 Å². The van der Waals surface area contributed by atoms with Crippen LogP contribution in [0.5, 0.6) is 11.5 Å². The number of aryl methyl sites for hydroxylation is 1. The van der Waals surface area contributed by atoms with Gasteiger partial charge in [0.1, 0.15) is 0 Å². The van der Waals surface area contributed by atoms with Crippen LogP contribution in [0.25, 0.3) is 0 Å². The van der Waals surface area contributed by atoms with Crippen molar-refractivity contribution in [2.45, 2.75) is 13.2 Å². The Morgan fingerprint density at radius 2 is 2.15 bits per heavy atom. The lowest BCUT2D eigenvalue weighted by molar-refractivity contribution is -0.0512. The second-order valence-corrected chi connectivity index (χ2v) is 4.12. The van der Waals surface area contributed by atoms with E-state index >= 15 is 0 Å². The fraction of sp³-hybridized carbons (Fsp3) is 0.308. The van der Waals surface area contributed by atoms with Crippen LogP contribution in [-0.2, 0) is 13.6 Å². The predicted molar refractivity (Wildman–Crippen MR) is 70.2 cm³/mol. The van der Waals surface area contributed by atoms with E-state index in [-0.39, 0.29) is 11.5 Å². The van der Waals surface area contributed by atoms with Gasteiger partial charge in [-0.15, -0.1) is 0 Å². The molecule has 20 heavy (non-hydrogen) atoms. The molecule has 1 aromatic carbocycles. The van der Waals surface area contributed by atoms with E-state index < -0.39 is 6.61 Å². The van der Waals surface area contributed by atoms with Crippen molar-refractivity contribution in [3.05, 3.63) is 36.2 Å². The Labute approximate surface area is 115 Å². The molecule has 2 rings (SSSR count). The first-order valence-electron chi connectivity index (χ1n) is 5.92. The number of ether oxygens (including phenoxy) is 2. The van der Waals surface area contributed by atoms with E-state index in [4.69, 9.17) is 4.74 Å². The first-order valence-corrected chi connectivity index (χ1v) is 5.92. The minimum absolute atomic E-state index is 0.0213. The van der Waals surface area contributed by atoms with Crippen molar-refractivity contribution in [2.24, 2.45) is 7.05 Å². The molecule has 108 valence electrons. The molecule has 2 aromatic rings. The smallest absolute Gasteiger partial charge is 0.387 e. The molecule has 0 spiro atoms. The summed E-state index contributed by atoms with van der Waals surface area (Å²) in [6, 6.07) is 4.90. The summed E-state index contributed by atoms with van der Waals surface area (Å²) in [7, 11) is 3.22. The van der Waals surface area contributed by atoms with Crippen molar-refractivity contribution >= 4 is 5.69 Å². The zero-order chi connectivity index (χ0) is 14.5. The van der Waals surface area contributed by atoms with Crippen molar-refractivity contribution in [1.82, 2.24) is 9.78 Å². The van der Waals surface area contributed by atoms with Gasteiger partial charge in [0.15, 0.2) is 11.5 Å². The quantitative estimate of drug-likeness (QED) is 0.885. The molecule has 0 atom stereocenters. The van der Waals surface area contributed by atoms with Crippen LogP contribution >= 0.6 is 0 Å². The molecular formula is C13H15F2N3O2. The van der Waals surface area contributed by atoms with E-state index in [1.165, 1.54) is 13.2 Å². The highest BCUT2D eigenvalue weighted by molar-refractivity contribution is 5.45. The summed E-state index contributed by atoms with van der Waals surface area (Å²) in [5.74, 6) is 0.295. The van der Waals surface area contributed by atoms with Crippen LogP contribution in [-0.4, -0.2) is 23.5 Å². The van der Waals surface area contributed by atoms with Crippen LogP contribution in [0.3, 0.4) is 0 Å². The van der Waals surface area contributed by atoms with Crippen LogP contribution in [0.4, 0.5) is 14.5 Å². The zero-order valence-electron chi connectivity index (χ0n) is 11.1. The zero-order valence-corrected chi connectivity index (χ0v) is 11.1. The van der Waals surface area contributed by atoms with Crippen molar-refractivity contribution in [1.29, 1.82) is 0 Å². The largest absolute Gasteiger partial charge is 0.493 e. The molecule has 0 unspecified atom stereocenters. The Morgan fingerprint density at radius 1 is 1.35 bits per heavy atom. The van der Waals surface area contributed by atoms with E-state index in [0.29, 0.717) is 6.54 Å². The molecule has 0 amide bonds. The summed E-state index contributed by atoms with van der Waals surface area (Å²) >= 11 is 0. The van der Waals surface area contributed by atoms with Crippen molar-refractivity contribution < 1.29 is 18.3 Å². The van der Waals surface area contributed by atoms with Gasteiger partial charge in [0.2, 0.25) is 0 Å². The second kappa shape index (κ2) is 6.23. The van der Waals surface area contributed by atoms with Gasteiger partial charge in [-0.2, -0.15) is 13.9 Å². The first kappa shape index (κ1) is 14.1. The molecule has 1 N–H and O–H groups in total. The summed E-state index contributed by atoms with van der Waals surface area (Å²) < 4.78 is 35.7. The number of halogens is 2. The van der Waals surface area contributed by atoms with Crippen molar-refractivity contribution in [3.8, 4) is 11.5 Å². The van der Waals surface area contributed by atoms with E-state index in [9.17, 15) is 8.78 Å². The van der Waals surface area contributed by atoms with Gasteiger partial charge in [-0.05, 0) is 17.7 Å². The van der Waals surface area contributed by atoms with E-state index in [1.54, 1.807) is 23.0 Å². The summed E-state index contributed by atoms with van der Waals surface area (Å²) in [6.07, 6.45) is 3.50. The summed E-state index contributed by atoms with van der Waals surface area (Å²) in [5.41, 5.74) is 1.64. The Bertz CT molecular complexity index is 572. The Hall–Kier alpha value is -2.31. The number of nitrogens with zero attached hydrogens (tertiary/aromatic N) is 2. The number of anilines is 1. The molecule has 0 aliphatic heterocycles. The highest BCUT2D eigenvalue weighted by Gasteiger charge is 2.11. The van der Waals surface area contributed by atoms with Gasteiger partial charge in [0.25, 0.3) is 0 Å². The average molecular weight is 283 g/mol. The second-order valence-electron chi connectivity index (χ2n) is 4.12. The van der Waals surface area contributed by atoms with Gasteiger partial charge < -0.3 is 14.8 Å². The van der Waals surface area contributed by atoms with Crippen LogP contribution in [0.1, 0.15) is 5.56 Å². The fourth-order valence-electron chi connectivity index (χ4n) is 1.74. The minimum atomic E-state index is -2.88. The number of methoxy groups -OCH3 is 1. The number of hydrogen-bond donors (Lipinski definition) is 1. The lowest BCUT2D eigenvalue weighted by Crippen LogP contribution is -2.05. The Kier molecular flexibility index (Phi) is 4.39. The van der Waals surface area contributed by atoms with E-state index in [2.05, 4.69) is 15.2 Å². The highest BCUT2D eigenvalue weighted by Crippen LogP contribution is 2.29. The molecule has 0 aliphatic carbocycles. The summed E-state index contributed by atoms with van der Waals surface area (Å²) in [5, 5.41) is 7.16. The third-order valence-electron chi connectivity index (χ3n) is 2.65. The fourth-order valence-corrected chi connectivity index (χ4v) is 1.74. The molecule has 0 radical (unpaired) electrons. The molecule has 5 nitrogen and oxygen atoms in total. The van der Waals surface area contributed by atoms with E-state index in [0.717, 1.165) is 11.3 Å². The molecule has 1 aromatic heterocycles. The SMILES string of the molecule is COc1ccc(CNc2cnn(C)c2)cc1OC(F)F. The monoisotopic (exact) mass is 283 g/mol. The van der Waals surface area contributed by atoms with Crippen molar-refractivity contribution in [2.75, 3.05) is 12.4 Å². The van der Waals surface area contributed by atoms with Gasteiger partial charge in [0.05, 0.1) is 19.0 Å². The van der Waals surface area contributed by atoms with Crippen LogP contribution in [0, 0.1) is 0 Å². The average Bonchev–Trinajstić information content (AvgIpc) is 2.82. The Morgan fingerprint density at radius 3 is 2.75 bits per heavy atom. The maximum Gasteiger partial charge on any atom is 0.387 e. The molecule has 7 heteroatoms. The molecule has 0 bridgehead atoms. The number of nitrogens with one attached hydrogen (secondary N) is 1. The number of benzene rings is 1. The third kappa shape index (κ3) is 3.59. The number of hydrogen-bond acceptors (Lipinski definition) is 4. The van der Waals surface area contributed by atoms with Crippen LogP contribution in [0.15, 0.2) is 30.6 Å². The standard InChI is InChI=1S/C13H15F2N3O2/c1-18-8-10(7-17-18)16-6-9-3-4-11(19-2)12(5-9)20-13(14)15/h3-5,7-8,13,16H,6H2,1-2H3. The minimum Gasteiger partial charge on any atom is -0.493 e. The summed E-state index contributed by atoms with van der Waals surface area (Å²) in [6.45, 7) is -2.42. The molecule has 0 saturated heterocycles. The maximum absolute atomic E-state index is 12.3. The molecule has 0 fully saturated rings. The predicted octanol–water partition coefficient (Wildman–Crippen LogP) is 2.64. The lowest BCUT2D eigenvalue weighted by Gasteiger charge is -2.12. The van der Waals surface area contributed by atoms with Crippen molar-refractivity contribution in [3.63, 3.8) is 0 Å². The lowest BCUT2D eigenvalue weighted by atomic mass is 10.2. The Balaban J connectivity index is 2.07. The molecule has 0 aliphatic rings. The van der Waals surface area contributed by atoms with Crippen LogP contribution < -0.4 is 14.8 Å². The third-order valence-corrected chi connectivity index (χ3v) is 2.65. The first-order chi connectivity index (χ1) is 9.58. The highest BCUT2D eigenvalue weighted by atomic mass is 19.3. The van der Waals surface area contributed by atoms with Gasteiger partial charge in [-0.3, -0.25) is 4.68 Å². The summed E-state index contributed by atoms with van der Waals surface area (Å²) in [4.78, 5) is 0. The topological polar surface area (TPSA) is 48.3 Å². The number of alkyl halides is 2. The maximum atomic E-state index is 12.3. The van der Waals surface area contributed by atoms with E-state index in [1.807, 2.05) is 13.2 Å². The molecular weight excluding hydrogens is 268 g/mol. The van der Waals surface area contributed by atoms with Gasteiger partial charge in [-0.1, -0.05) is 6.07 Å². The van der Waals surface area contributed by atoms with Crippen LogP contribution in [0.2, 0.25) is 0 Å². The number of rotatable bonds is 6. The molecule has 0 saturated carbocycles. The number of aromatic nitrogens is 2. The van der Waals surface area contributed by atoms with Gasteiger partial charge in [-0.25, -0.2) is 0 Å².